The van der Waals surface area contributed by atoms with Crippen LogP contribution in [0.5, 0.6) is 0 Å². The van der Waals surface area contributed by atoms with E-state index in [4.69, 9.17) is 5.73 Å². The van der Waals surface area contributed by atoms with Crippen molar-refractivity contribution in [3.8, 4) is 0 Å². The topological polar surface area (TPSA) is 49.6 Å². The summed E-state index contributed by atoms with van der Waals surface area (Å²) in [7, 11) is 2.14. The maximum Gasteiger partial charge on any atom is 0.229 e. The van der Waals surface area contributed by atoms with Crippen molar-refractivity contribution in [2.75, 3.05) is 33.2 Å². The fourth-order valence-corrected chi connectivity index (χ4v) is 2.34. The molecule has 0 aliphatic carbocycles. The van der Waals surface area contributed by atoms with Gasteiger partial charge in [-0.05, 0) is 26.8 Å². The minimum atomic E-state index is -0.381. The van der Waals surface area contributed by atoms with Crippen LogP contribution in [0.3, 0.4) is 0 Å². The van der Waals surface area contributed by atoms with Crippen molar-refractivity contribution in [3.05, 3.63) is 0 Å². The molecule has 0 spiro atoms. The summed E-state index contributed by atoms with van der Waals surface area (Å²) in [6, 6.07) is 0.492. The Kier molecular flexibility index (Phi) is 4.95. The molecule has 4 nitrogen and oxygen atoms in total. The number of rotatable bonds is 4. The normalized spacial score (nSPS) is 25.7. The summed E-state index contributed by atoms with van der Waals surface area (Å²) in [4.78, 5) is 16.8. The Morgan fingerprint density at radius 3 is 2.53 bits per heavy atom. The molecule has 2 N–H and O–H groups in total. The molecule has 1 heterocycles. The number of hydrogen-bond donors (Lipinski definition) is 1. The SMILES string of the molecule is CCC1CN(C(=O)C(C)(CC)CN)CCN1C. The highest BCUT2D eigenvalue weighted by Crippen LogP contribution is 2.24. The van der Waals surface area contributed by atoms with E-state index in [-0.39, 0.29) is 11.3 Å². The number of carbonyl (C=O) groups excluding carboxylic acids is 1. The van der Waals surface area contributed by atoms with Crippen molar-refractivity contribution < 1.29 is 4.79 Å². The van der Waals surface area contributed by atoms with E-state index in [9.17, 15) is 4.79 Å². The van der Waals surface area contributed by atoms with E-state index in [1.54, 1.807) is 0 Å². The summed E-state index contributed by atoms with van der Waals surface area (Å²) in [6.07, 6.45) is 1.90. The van der Waals surface area contributed by atoms with Crippen molar-refractivity contribution in [1.29, 1.82) is 0 Å². The number of nitrogens with two attached hydrogens (primary N) is 1. The Hall–Kier alpha value is -0.610. The molecule has 1 amide bonds. The molecule has 2 unspecified atom stereocenters. The van der Waals surface area contributed by atoms with Crippen LogP contribution < -0.4 is 5.73 Å². The van der Waals surface area contributed by atoms with Crippen LogP contribution in [0, 0.1) is 5.41 Å². The van der Waals surface area contributed by atoms with Gasteiger partial charge >= 0.3 is 0 Å². The first kappa shape index (κ1) is 14.5. The largest absolute Gasteiger partial charge is 0.339 e. The Morgan fingerprint density at radius 1 is 1.41 bits per heavy atom. The minimum Gasteiger partial charge on any atom is -0.339 e. The first-order valence-electron chi connectivity index (χ1n) is 6.68. The molecule has 0 aromatic rings. The summed E-state index contributed by atoms with van der Waals surface area (Å²) in [5.74, 6) is 0.231. The van der Waals surface area contributed by atoms with Gasteiger partial charge in [0.05, 0.1) is 5.41 Å². The average Bonchev–Trinajstić information content (AvgIpc) is 2.37. The predicted octanol–water partition coefficient (Wildman–Crippen LogP) is 0.914. The van der Waals surface area contributed by atoms with Gasteiger partial charge in [-0.15, -0.1) is 0 Å². The lowest BCUT2D eigenvalue weighted by Crippen LogP contribution is -2.57. The van der Waals surface area contributed by atoms with Crippen LogP contribution in [0.4, 0.5) is 0 Å². The second-order valence-corrected chi connectivity index (χ2v) is 5.41. The third kappa shape index (κ3) is 2.99. The van der Waals surface area contributed by atoms with E-state index in [2.05, 4.69) is 18.9 Å². The van der Waals surface area contributed by atoms with Gasteiger partial charge in [0, 0.05) is 32.2 Å². The maximum absolute atomic E-state index is 12.5. The van der Waals surface area contributed by atoms with Crippen LogP contribution in [-0.2, 0) is 4.79 Å². The molecule has 0 aromatic carbocycles. The summed E-state index contributed by atoms with van der Waals surface area (Å²) in [5, 5.41) is 0. The highest BCUT2D eigenvalue weighted by Gasteiger charge is 2.36. The molecule has 100 valence electrons. The highest BCUT2D eigenvalue weighted by atomic mass is 16.2. The molecule has 1 aliphatic rings. The van der Waals surface area contributed by atoms with Gasteiger partial charge < -0.3 is 10.6 Å². The second kappa shape index (κ2) is 5.83. The Bertz CT molecular complexity index is 263. The van der Waals surface area contributed by atoms with Crippen LogP contribution in [0.25, 0.3) is 0 Å². The van der Waals surface area contributed by atoms with Gasteiger partial charge in [0.1, 0.15) is 0 Å². The van der Waals surface area contributed by atoms with Gasteiger partial charge in [-0.2, -0.15) is 0 Å². The fourth-order valence-electron chi connectivity index (χ4n) is 2.34. The van der Waals surface area contributed by atoms with Gasteiger partial charge in [0.15, 0.2) is 0 Å². The molecule has 1 rings (SSSR count). The van der Waals surface area contributed by atoms with E-state index in [1.165, 1.54) is 0 Å². The molecular formula is C13H27N3O. The second-order valence-electron chi connectivity index (χ2n) is 5.41. The lowest BCUT2D eigenvalue weighted by Gasteiger charge is -2.42. The smallest absolute Gasteiger partial charge is 0.229 e. The van der Waals surface area contributed by atoms with Crippen LogP contribution in [-0.4, -0.2) is 55.0 Å². The Balaban J connectivity index is 2.70. The average molecular weight is 241 g/mol. The number of hydrogen-bond acceptors (Lipinski definition) is 3. The van der Waals surface area contributed by atoms with E-state index in [0.29, 0.717) is 12.6 Å². The molecule has 1 saturated heterocycles. The van der Waals surface area contributed by atoms with Crippen molar-refractivity contribution in [3.63, 3.8) is 0 Å². The molecule has 0 saturated carbocycles. The molecular weight excluding hydrogens is 214 g/mol. The number of piperazine rings is 1. The molecule has 0 bridgehead atoms. The van der Waals surface area contributed by atoms with Crippen LogP contribution in [0.1, 0.15) is 33.6 Å². The number of carbonyl (C=O) groups is 1. The number of likely N-dealkylation sites (N-methyl/N-ethyl adjacent to an activating group) is 1. The zero-order valence-electron chi connectivity index (χ0n) is 11.7. The molecule has 1 aliphatic heterocycles. The lowest BCUT2D eigenvalue weighted by molar-refractivity contribution is -0.143. The summed E-state index contributed by atoms with van der Waals surface area (Å²) in [6.45, 7) is 9.28. The number of amides is 1. The molecule has 0 radical (unpaired) electrons. The third-order valence-corrected chi connectivity index (χ3v) is 4.28. The van der Waals surface area contributed by atoms with Gasteiger partial charge in [-0.25, -0.2) is 0 Å². The maximum atomic E-state index is 12.5. The summed E-state index contributed by atoms with van der Waals surface area (Å²) < 4.78 is 0. The van der Waals surface area contributed by atoms with Crippen molar-refractivity contribution >= 4 is 5.91 Å². The Morgan fingerprint density at radius 2 is 2.06 bits per heavy atom. The van der Waals surface area contributed by atoms with Gasteiger partial charge in [-0.1, -0.05) is 13.8 Å². The molecule has 4 heteroatoms. The van der Waals surface area contributed by atoms with E-state index < -0.39 is 0 Å². The monoisotopic (exact) mass is 241 g/mol. The summed E-state index contributed by atoms with van der Waals surface area (Å²) >= 11 is 0. The summed E-state index contributed by atoms with van der Waals surface area (Å²) in [5.41, 5.74) is 5.38. The van der Waals surface area contributed by atoms with Gasteiger partial charge in [0.2, 0.25) is 5.91 Å². The standard InChI is InChI=1S/C13H27N3O/c1-5-11-9-16(8-7-15(11)4)12(17)13(3,6-2)10-14/h11H,5-10,14H2,1-4H3. The third-order valence-electron chi connectivity index (χ3n) is 4.28. The van der Waals surface area contributed by atoms with Crippen LogP contribution >= 0.6 is 0 Å². The van der Waals surface area contributed by atoms with Crippen molar-refractivity contribution in [2.45, 2.75) is 39.7 Å². The van der Waals surface area contributed by atoms with Gasteiger partial charge in [-0.3, -0.25) is 9.69 Å². The molecule has 1 fully saturated rings. The lowest BCUT2D eigenvalue weighted by atomic mass is 9.85. The first-order chi connectivity index (χ1) is 7.98. The van der Waals surface area contributed by atoms with Crippen LogP contribution in [0.2, 0.25) is 0 Å². The number of nitrogens with zero attached hydrogens (tertiary/aromatic N) is 2. The predicted molar refractivity (Wildman–Crippen MR) is 70.7 cm³/mol. The minimum absolute atomic E-state index is 0.231. The molecule has 2 atom stereocenters. The zero-order valence-corrected chi connectivity index (χ0v) is 11.7. The van der Waals surface area contributed by atoms with Crippen molar-refractivity contribution in [1.82, 2.24) is 9.80 Å². The Labute approximate surface area is 105 Å². The highest BCUT2D eigenvalue weighted by molar-refractivity contribution is 5.82. The first-order valence-corrected chi connectivity index (χ1v) is 6.68. The van der Waals surface area contributed by atoms with Crippen LogP contribution in [0.15, 0.2) is 0 Å². The molecule has 17 heavy (non-hydrogen) atoms. The molecule has 0 aromatic heterocycles. The van der Waals surface area contributed by atoms with Crippen molar-refractivity contribution in [2.24, 2.45) is 11.1 Å². The quantitative estimate of drug-likeness (QED) is 0.796. The van der Waals surface area contributed by atoms with E-state index >= 15 is 0 Å². The van der Waals surface area contributed by atoms with E-state index in [1.807, 2.05) is 18.7 Å². The van der Waals surface area contributed by atoms with Gasteiger partial charge in [0.25, 0.3) is 0 Å². The van der Waals surface area contributed by atoms with E-state index in [0.717, 1.165) is 32.5 Å². The zero-order chi connectivity index (χ0) is 13.1. The fraction of sp³-hybridized carbons (Fsp3) is 0.923.